The van der Waals surface area contributed by atoms with E-state index in [1.54, 1.807) is 0 Å². The number of rotatable bonds is 6. The second-order valence-electron chi connectivity index (χ2n) is 5.30. The number of nitrogens with one attached hydrogen (secondary N) is 2. The van der Waals surface area contributed by atoms with Gasteiger partial charge in [0.1, 0.15) is 0 Å². The molecule has 3 rings (SSSR count). The van der Waals surface area contributed by atoms with Gasteiger partial charge < -0.3 is 15.1 Å². The van der Waals surface area contributed by atoms with Gasteiger partial charge in [0, 0.05) is 6.04 Å². The van der Waals surface area contributed by atoms with Gasteiger partial charge in [-0.2, -0.15) is 0 Å². The summed E-state index contributed by atoms with van der Waals surface area (Å²) in [5.74, 6) is 2.32. The highest BCUT2D eigenvalue weighted by Crippen LogP contribution is 2.45. The van der Waals surface area contributed by atoms with Gasteiger partial charge in [0.25, 0.3) is 0 Å². The SMILES string of the molecule is CNC(C)c1nnc(NC(C2CC2)C2CC2)o1. The lowest BCUT2D eigenvalue weighted by Gasteiger charge is -2.15. The highest BCUT2D eigenvalue weighted by molar-refractivity contribution is 5.23. The maximum Gasteiger partial charge on any atom is 0.315 e. The molecular weight excluding hydrogens is 216 g/mol. The van der Waals surface area contributed by atoms with Gasteiger partial charge in [-0.3, -0.25) is 0 Å². The molecule has 1 heterocycles. The third kappa shape index (κ3) is 2.44. The molecule has 0 aromatic carbocycles. The fourth-order valence-electron chi connectivity index (χ4n) is 2.27. The van der Waals surface area contributed by atoms with E-state index in [9.17, 15) is 0 Å². The monoisotopic (exact) mass is 236 g/mol. The van der Waals surface area contributed by atoms with Gasteiger partial charge in [-0.05, 0) is 51.5 Å². The number of hydrogen-bond donors (Lipinski definition) is 2. The average molecular weight is 236 g/mol. The molecule has 0 bridgehead atoms. The lowest BCUT2D eigenvalue weighted by Crippen LogP contribution is -2.24. The molecule has 94 valence electrons. The van der Waals surface area contributed by atoms with Gasteiger partial charge in [0.05, 0.1) is 6.04 Å². The van der Waals surface area contributed by atoms with Crippen molar-refractivity contribution in [2.45, 2.75) is 44.7 Å². The van der Waals surface area contributed by atoms with Crippen LogP contribution in [0.5, 0.6) is 0 Å². The van der Waals surface area contributed by atoms with Crippen molar-refractivity contribution in [2.24, 2.45) is 11.8 Å². The predicted octanol–water partition coefficient (Wildman–Crippen LogP) is 1.95. The molecule has 0 amide bonds. The second kappa shape index (κ2) is 4.29. The van der Waals surface area contributed by atoms with E-state index in [0.717, 1.165) is 11.8 Å². The fourth-order valence-corrected chi connectivity index (χ4v) is 2.27. The largest absolute Gasteiger partial charge is 0.406 e. The molecule has 1 atom stereocenters. The van der Waals surface area contributed by atoms with Crippen molar-refractivity contribution in [3.05, 3.63) is 5.89 Å². The van der Waals surface area contributed by atoms with Crippen LogP contribution in [0.25, 0.3) is 0 Å². The molecule has 0 radical (unpaired) electrons. The van der Waals surface area contributed by atoms with Crippen molar-refractivity contribution in [1.82, 2.24) is 15.5 Å². The zero-order chi connectivity index (χ0) is 11.8. The number of aromatic nitrogens is 2. The van der Waals surface area contributed by atoms with E-state index in [4.69, 9.17) is 4.42 Å². The van der Waals surface area contributed by atoms with Crippen molar-refractivity contribution in [3.63, 3.8) is 0 Å². The van der Waals surface area contributed by atoms with E-state index in [1.165, 1.54) is 25.7 Å². The van der Waals surface area contributed by atoms with Crippen LogP contribution < -0.4 is 10.6 Å². The quantitative estimate of drug-likeness (QED) is 0.790. The third-order valence-electron chi connectivity index (χ3n) is 3.79. The molecule has 1 aromatic rings. The van der Waals surface area contributed by atoms with Crippen molar-refractivity contribution in [1.29, 1.82) is 0 Å². The first kappa shape index (κ1) is 11.0. The van der Waals surface area contributed by atoms with Crippen LogP contribution in [0, 0.1) is 11.8 Å². The maximum atomic E-state index is 5.63. The Bertz CT molecular complexity index is 372. The molecule has 0 saturated heterocycles. The predicted molar refractivity (Wildman–Crippen MR) is 64.6 cm³/mol. The summed E-state index contributed by atoms with van der Waals surface area (Å²) in [6, 6.07) is 1.26. The van der Waals surface area contributed by atoms with E-state index in [1.807, 2.05) is 14.0 Å². The minimum absolute atomic E-state index is 0.110. The summed E-state index contributed by atoms with van der Waals surface area (Å²) in [6.45, 7) is 2.01. The molecule has 0 aliphatic heterocycles. The second-order valence-corrected chi connectivity index (χ2v) is 5.30. The first-order chi connectivity index (χ1) is 8.28. The highest BCUT2D eigenvalue weighted by atomic mass is 16.4. The molecule has 17 heavy (non-hydrogen) atoms. The molecule has 2 saturated carbocycles. The minimum atomic E-state index is 0.110. The Balaban J connectivity index is 1.65. The molecule has 0 spiro atoms. The summed E-state index contributed by atoms with van der Waals surface area (Å²) in [5, 5.41) is 14.7. The van der Waals surface area contributed by atoms with Crippen LogP contribution in [0.1, 0.15) is 44.5 Å². The van der Waals surface area contributed by atoms with Gasteiger partial charge in [-0.1, -0.05) is 5.10 Å². The zero-order valence-corrected chi connectivity index (χ0v) is 10.4. The fraction of sp³-hybridized carbons (Fsp3) is 0.833. The van der Waals surface area contributed by atoms with E-state index >= 15 is 0 Å². The summed E-state index contributed by atoms with van der Waals surface area (Å²) in [6.07, 6.45) is 5.40. The molecule has 2 N–H and O–H groups in total. The van der Waals surface area contributed by atoms with Gasteiger partial charge in [0.15, 0.2) is 0 Å². The molecule has 5 nitrogen and oxygen atoms in total. The number of anilines is 1. The minimum Gasteiger partial charge on any atom is -0.406 e. The number of nitrogens with zero attached hydrogens (tertiary/aromatic N) is 2. The molecule has 1 aromatic heterocycles. The van der Waals surface area contributed by atoms with Crippen molar-refractivity contribution in [3.8, 4) is 0 Å². The highest BCUT2D eigenvalue weighted by Gasteiger charge is 2.42. The Morgan fingerprint density at radius 2 is 1.82 bits per heavy atom. The van der Waals surface area contributed by atoms with Crippen LogP contribution >= 0.6 is 0 Å². The van der Waals surface area contributed by atoms with Crippen LogP contribution in [-0.2, 0) is 0 Å². The summed E-state index contributed by atoms with van der Waals surface area (Å²) in [5.41, 5.74) is 0. The van der Waals surface area contributed by atoms with E-state index in [-0.39, 0.29) is 6.04 Å². The zero-order valence-electron chi connectivity index (χ0n) is 10.4. The molecule has 2 fully saturated rings. The summed E-state index contributed by atoms with van der Waals surface area (Å²) in [4.78, 5) is 0. The van der Waals surface area contributed by atoms with E-state index < -0.39 is 0 Å². The molecular formula is C12H20N4O. The Hall–Kier alpha value is -1.10. The van der Waals surface area contributed by atoms with Crippen molar-refractivity contribution >= 4 is 6.01 Å². The Morgan fingerprint density at radius 1 is 1.18 bits per heavy atom. The Morgan fingerprint density at radius 3 is 2.35 bits per heavy atom. The van der Waals surface area contributed by atoms with E-state index in [2.05, 4.69) is 20.8 Å². The van der Waals surface area contributed by atoms with Crippen LogP contribution in [0.3, 0.4) is 0 Å². The number of hydrogen-bond acceptors (Lipinski definition) is 5. The molecule has 5 heteroatoms. The average Bonchev–Trinajstić information content (AvgIpc) is 3.25. The van der Waals surface area contributed by atoms with Gasteiger partial charge in [-0.15, -0.1) is 5.10 Å². The van der Waals surface area contributed by atoms with Crippen LogP contribution in [0.4, 0.5) is 6.01 Å². The Labute approximate surface area is 101 Å². The lowest BCUT2D eigenvalue weighted by molar-refractivity contribution is 0.432. The summed E-state index contributed by atoms with van der Waals surface area (Å²) >= 11 is 0. The van der Waals surface area contributed by atoms with E-state index in [0.29, 0.717) is 17.9 Å². The third-order valence-corrected chi connectivity index (χ3v) is 3.79. The topological polar surface area (TPSA) is 63.0 Å². The van der Waals surface area contributed by atoms with Crippen LogP contribution in [-0.4, -0.2) is 23.3 Å². The van der Waals surface area contributed by atoms with Gasteiger partial charge in [-0.25, -0.2) is 0 Å². The van der Waals surface area contributed by atoms with Gasteiger partial charge >= 0.3 is 6.01 Å². The Kier molecular flexibility index (Phi) is 2.78. The smallest absolute Gasteiger partial charge is 0.315 e. The van der Waals surface area contributed by atoms with Gasteiger partial charge in [0.2, 0.25) is 5.89 Å². The van der Waals surface area contributed by atoms with Crippen molar-refractivity contribution < 1.29 is 4.42 Å². The summed E-state index contributed by atoms with van der Waals surface area (Å²) in [7, 11) is 1.89. The molecule has 2 aliphatic carbocycles. The maximum absolute atomic E-state index is 5.63. The summed E-state index contributed by atoms with van der Waals surface area (Å²) < 4.78 is 5.63. The van der Waals surface area contributed by atoms with Crippen LogP contribution in [0.2, 0.25) is 0 Å². The first-order valence-electron chi connectivity index (χ1n) is 6.55. The molecule has 2 aliphatic rings. The first-order valence-corrected chi connectivity index (χ1v) is 6.55. The van der Waals surface area contributed by atoms with Crippen molar-refractivity contribution in [2.75, 3.05) is 12.4 Å². The standard InChI is InChI=1S/C12H20N4O/c1-7(13-2)11-15-16-12(17-11)14-10(8-3-4-8)9-5-6-9/h7-10,13H,3-6H2,1-2H3,(H,14,16). The normalized spacial score (nSPS) is 21.8. The van der Waals surface area contributed by atoms with Crippen LogP contribution in [0.15, 0.2) is 4.42 Å². The lowest BCUT2D eigenvalue weighted by atomic mass is 10.1. The molecule has 1 unspecified atom stereocenters.